The lowest BCUT2D eigenvalue weighted by atomic mass is 9.88. The fraction of sp³-hybridized carbons (Fsp3) is 0.250. The van der Waals surface area contributed by atoms with Crippen LogP contribution in [0.5, 0.6) is 5.75 Å². The van der Waals surface area contributed by atoms with E-state index < -0.39 is 17.8 Å². The second kappa shape index (κ2) is 6.89. The lowest BCUT2D eigenvalue weighted by Crippen LogP contribution is -2.21. The lowest BCUT2D eigenvalue weighted by molar-refractivity contribution is 0.145. The Morgan fingerprint density at radius 3 is 2.52 bits per heavy atom. The average molecular weight is 310 g/mol. The van der Waals surface area contributed by atoms with Gasteiger partial charge in [-0.05, 0) is 12.1 Å². The van der Waals surface area contributed by atoms with E-state index in [1.54, 1.807) is 19.2 Å². The minimum absolute atomic E-state index is 0.0849. The van der Waals surface area contributed by atoms with Gasteiger partial charge in [0.05, 0.1) is 18.2 Å². The number of para-hydroxylation sites is 1. The van der Waals surface area contributed by atoms with Crippen molar-refractivity contribution in [3.8, 4) is 5.75 Å². The number of hydrogen-bond donors (Lipinski definition) is 2. The Morgan fingerprint density at radius 2 is 1.86 bits per heavy atom. The molecule has 5 heteroatoms. The number of ether oxygens (including phenoxy) is 1. The third-order valence-electron chi connectivity index (χ3n) is 3.47. The van der Waals surface area contributed by atoms with Gasteiger partial charge in [-0.25, -0.2) is 4.39 Å². The molecule has 0 fully saturated rings. The smallest absolute Gasteiger partial charge is 0.142 e. The van der Waals surface area contributed by atoms with Crippen LogP contribution in [0.1, 0.15) is 23.1 Å². The molecule has 0 bridgehead atoms. The van der Waals surface area contributed by atoms with Crippen LogP contribution < -0.4 is 10.5 Å². The first-order valence-electron chi connectivity index (χ1n) is 6.55. The van der Waals surface area contributed by atoms with E-state index in [0.29, 0.717) is 11.3 Å². The van der Waals surface area contributed by atoms with Gasteiger partial charge < -0.3 is 15.6 Å². The molecule has 0 aromatic heterocycles. The molecule has 0 radical (unpaired) electrons. The Balaban J connectivity index is 2.43. The molecule has 3 nitrogen and oxygen atoms in total. The number of nitrogens with two attached hydrogens (primary N) is 1. The quantitative estimate of drug-likeness (QED) is 0.891. The summed E-state index contributed by atoms with van der Waals surface area (Å²) < 4.78 is 18.9. The highest BCUT2D eigenvalue weighted by Crippen LogP contribution is 2.38. The van der Waals surface area contributed by atoms with Crippen LogP contribution >= 0.6 is 11.6 Å². The van der Waals surface area contributed by atoms with Crippen LogP contribution in [0.3, 0.4) is 0 Å². The number of rotatable bonds is 5. The van der Waals surface area contributed by atoms with Crippen molar-refractivity contribution in [1.82, 2.24) is 0 Å². The summed E-state index contributed by atoms with van der Waals surface area (Å²) in [5.41, 5.74) is 6.88. The van der Waals surface area contributed by atoms with Gasteiger partial charge in [0, 0.05) is 23.6 Å². The number of aliphatic hydroxyl groups excluding tert-OH is 1. The molecule has 2 atom stereocenters. The molecule has 0 aliphatic rings. The van der Waals surface area contributed by atoms with Gasteiger partial charge in [-0.15, -0.1) is 0 Å². The van der Waals surface area contributed by atoms with Crippen LogP contribution in [-0.4, -0.2) is 18.8 Å². The maximum atomic E-state index is 13.6. The molecule has 2 aromatic carbocycles. The summed E-state index contributed by atoms with van der Waals surface area (Å²) in [7, 11) is 1.55. The first-order chi connectivity index (χ1) is 10.1. The van der Waals surface area contributed by atoms with Crippen molar-refractivity contribution < 1.29 is 14.2 Å². The van der Waals surface area contributed by atoms with Crippen molar-refractivity contribution in [2.24, 2.45) is 5.73 Å². The first-order valence-corrected chi connectivity index (χ1v) is 6.93. The largest absolute Gasteiger partial charge is 0.496 e. The fourth-order valence-corrected chi connectivity index (χ4v) is 2.60. The first kappa shape index (κ1) is 15.8. The summed E-state index contributed by atoms with van der Waals surface area (Å²) in [6, 6.07) is 11.6. The van der Waals surface area contributed by atoms with Gasteiger partial charge in [-0.1, -0.05) is 41.9 Å². The highest BCUT2D eigenvalue weighted by Gasteiger charge is 2.26. The molecule has 0 saturated heterocycles. The number of methoxy groups -OCH3 is 1. The van der Waals surface area contributed by atoms with Crippen molar-refractivity contribution in [3.05, 3.63) is 64.4 Å². The van der Waals surface area contributed by atoms with Crippen LogP contribution in [0.25, 0.3) is 0 Å². The molecule has 2 unspecified atom stereocenters. The second-order valence-corrected chi connectivity index (χ2v) is 5.05. The third kappa shape index (κ3) is 3.18. The summed E-state index contributed by atoms with van der Waals surface area (Å²) in [6.07, 6.45) is -1.02. The highest BCUT2D eigenvalue weighted by molar-refractivity contribution is 6.31. The molecular formula is C16H17ClFNO2. The lowest BCUT2D eigenvalue weighted by Gasteiger charge is -2.24. The van der Waals surface area contributed by atoms with E-state index in [1.807, 2.05) is 18.2 Å². The third-order valence-corrected chi connectivity index (χ3v) is 3.87. The van der Waals surface area contributed by atoms with Gasteiger partial charge in [0.1, 0.15) is 11.6 Å². The van der Waals surface area contributed by atoms with E-state index in [-0.39, 0.29) is 11.6 Å². The summed E-state index contributed by atoms with van der Waals surface area (Å²) in [5, 5.41) is 10.5. The predicted octanol–water partition coefficient (Wildman–Crippen LogP) is 3.26. The SMILES string of the molecule is COc1ccccc1C(CN)C(O)c1cccc(F)c1Cl. The Hall–Kier alpha value is -1.62. The van der Waals surface area contributed by atoms with Crippen molar-refractivity contribution in [2.75, 3.05) is 13.7 Å². The maximum absolute atomic E-state index is 13.6. The predicted molar refractivity (Wildman–Crippen MR) is 81.2 cm³/mol. The Morgan fingerprint density at radius 1 is 1.19 bits per heavy atom. The zero-order chi connectivity index (χ0) is 15.4. The fourth-order valence-electron chi connectivity index (χ4n) is 2.36. The topological polar surface area (TPSA) is 55.5 Å². The normalized spacial score (nSPS) is 13.8. The van der Waals surface area contributed by atoms with Gasteiger partial charge in [0.2, 0.25) is 0 Å². The van der Waals surface area contributed by atoms with Gasteiger partial charge in [0.15, 0.2) is 0 Å². The Labute approximate surface area is 128 Å². The van der Waals surface area contributed by atoms with E-state index in [2.05, 4.69) is 0 Å². The number of halogens is 2. The minimum Gasteiger partial charge on any atom is -0.496 e. The van der Waals surface area contributed by atoms with Crippen LogP contribution in [0.4, 0.5) is 4.39 Å². The monoisotopic (exact) mass is 309 g/mol. The molecule has 21 heavy (non-hydrogen) atoms. The van der Waals surface area contributed by atoms with Crippen LogP contribution in [0.15, 0.2) is 42.5 Å². The molecule has 2 aromatic rings. The highest BCUT2D eigenvalue weighted by atomic mass is 35.5. The van der Waals surface area contributed by atoms with Crippen LogP contribution in [0.2, 0.25) is 5.02 Å². The zero-order valence-corrected chi connectivity index (χ0v) is 12.3. The summed E-state index contributed by atoms with van der Waals surface area (Å²) in [6.45, 7) is 0.175. The van der Waals surface area contributed by atoms with Crippen molar-refractivity contribution in [3.63, 3.8) is 0 Å². The molecule has 0 spiro atoms. The van der Waals surface area contributed by atoms with Gasteiger partial charge in [-0.2, -0.15) is 0 Å². The average Bonchev–Trinajstić information content (AvgIpc) is 2.51. The van der Waals surface area contributed by atoms with E-state index in [9.17, 15) is 9.50 Å². The van der Waals surface area contributed by atoms with Crippen LogP contribution in [-0.2, 0) is 0 Å². The number of benzene rings is 2. The van der Waals surface area contributed by atoms with E-state index in [0.717, 1.165) is 5.56 Å². The molecule has 0 aliphatic carbocycles. The van der Waals surface area contributed by atoms with Gasteiger partial charge >= 0.3 is 0 Å². The van der Waals surface area contributed by atoms with E-state index >= 15 is 0 Å². The van der Waals surface area contributed by atoms with Crippen molar-refractivity contribution in [1.29, 1.82) is 0 Å². The zero-order valence-electron chi connectivity index (χ0n) is 11.6. The van der Waals surface area contributed by atoms with Crippen LogP contribution in [0, 0.1) is 5.82 Å². The van der Waals surface area contributed by atoms with Gasteiger partial charge in [0.25, 0.3) is 0 Å². The Bertz CT molecular complexity index is 621. The molecule has 0 saturated carbocycles. The standard InChI is InChI=1S/C16H17ClFNO2/c1-21-14-8-3-2-5-10(14)12(9-19)16(20)11-6-4-7-13(18)15(11)17/h2-8,12,16,20H,9,19H2,1H3. The second-order valence-electron chi connectivity index (χ2n) is 4.67. The van der Waals surface area contributed by atoms with Crippen molar-refractivity contribution in [2.45, 2.75) is 12.0 Å². The molecule has 2 rings (SSSR count). The van der Waals surface area contributed by atoms with Gasteiger partial charge in [-0.3, -0.25) is 0 Å². The minimum atomic E-state index is -1.02. The molecule has 3 N–H and O–H groups in total. The molecule has 112 valence electrons. The molecule has 0 aliphatic heterocycles. The number of aliphatic hydroxyl groups is 1. The molecule has 0 amide bonds. The molecular weight excluding hydrogens is 293 g/mol. The summed E-state index contributed by atoms with van der Waals surface area (Å²) >= 11 is 5.94. The number of hydrogen-bond acceptors (Lipinski definition) is 3. The maximum Gasteiger partial charge on any atom is 0.142 e. The van der Waals surface area contributed by atoms with Crippen molar-refractivity contribution >= 4 is 11.6 Å². The molecule has 0 heterocycles. The Kier molecular flexibility index (Phi) is 5.17. The van der Waals surface area contributed by atoms with E-state index in [4.69, 9.17) is 22.1 Å². The van der Waals surface area contributed by atoms with E-state index in [1.165, 1.54) is 12.1 Å². The summed E-state index contributed by atoms with van der Waals surface area (Å²) in [5.74, 6) is -0.385. The summed E-state index contributed by atoms with van der Waals surface area (Å²) in [4.78, 5) is 0.